The number of thioether (sulfide) groups is 1. The Kier molecular flexibility index (Phi) is 5.00. The predicted octanol–water partition coefficient (Wildman–Crippen LogP) is 4.02. The van der Waals surface area contributed by atoms with Crippen molar-refractivity contribution in [3.05, 3.63) is 48.3 Å². The minimum atomic E-state index is -4.49. The van der Waals surface area contributed by atoms with E-state index in [9.17, 15) is 22.8 Å². The van der Waals surface area contributed by atoms with Crippen molar-refractivity contribution in [3.8, 4) is 0 Å². The fourth-order valence-corrected chi connectivity index (χ4v) is 3.45. The average Bonchev–Trinajstić information content (AvgIpc) is 2.77. The van der Waals surface area contributed by atoms with Crippen LogP contribution in [0.3, 0.4) is 0 Å². The van der Waals surface area contributed by atoms with E-state index in [1.807, 2.05) is 0 Å². The van der Waals surface area contributed by atoms with Crippen LogP contribution < -0.4 is 10.6 Å². The molecule has 10 heteroatoms. The second-order valence-corrected chi connectivity index (χ2v) is 7.80. The summed E-state index contributed by atoms with van der Waals surface area (Å²) in [7, 11) is 0. The molecule has 148 valence electrons. The van der Waals surface area contributed by atoms with Crippen molar-refractivity contribution in [1.82, 2.24) is 9.88 Å². The topological polar surface area (TPSA) is 79.5 Å². The van der Waals surface area contributed by atoms with Crippen molar-refractivity contribution < 1.29 is 22.8 Å². The first-order valence-corrected chi connectivity index (χ1v) is 9.02. The van der Waals surface area contributed by atoms with Crippen LogP contribution in [0.4, 0.5) is 29.3 Å². The highest BCUT2D eigenvalue weighted by Gasteiger charge is 2.51. The molecule has 0 atom stereocenters. The zero-order chi connectivity index (χ0) is 20.7. The van der Waals surface area contributed by atoms with Crippen LogP contribution in [0.2, 0.25) is 0 Å². The minimum absolute atomic E-state index is 0.129. The molecule has 1 fully saturated rings. The number of imide groups is 1. The van der Waals surface area contributed by atoms with Gasteiger partial charge in [-0.3, -0.25) is 9.78 Å². The molecule has 0 saturated carbocycles. The van der Waals surface area contributed by atoms with Gasteiger partial charge in [0.05, 0.1) is 5.69 Å². The third kappa shape index (κ3) is 3.77. The summed E-state index contributed by atoms with van der Waals surface area (Å²) in [5, 5.41) is 0. The number of benzene rings is 1. The lowest BCUT2D eigenvalue weighted by Gasteiger charge is -2.27. The molecule has 0 bridgehead atoms. The van der Waals surface area contributed by atoms with E-state index >= 15 is 0 Å². The Bertz CT molecular complexity index is 919. The second kappa shape index (κ2) is 7.01. The fraction of sp³-hybridized carbons (Fsp3) is 0.278. The van der Waals surface area contributed by atoms with E-state index in [4.69, 9.17) is 5.73 Å². The van der Waals surface area contributed by atoms with E-state index in [1.165, 1.54) is 17.0 Å². The molecule has 2 heterocycles. The molecular formula is C18H17F3N4O2S. The summed E-state index contributed by atoms with van der Waals surface area (Å²) in [5.74, 6) is -0.484. The first-order chi connectivity index (χ1) is 13.0. The number of nitrogen functional groups attached to an aromatic ring is 1. The summed E-state index contributed by atoms with van der Waals surface area (Å²) in [6.45, 7) is 3.42. The molecule has 1 aromatic carbocycles. The van der Waals surface area contributed by atoms with Crippen molar-refractivity contribution in [2.24, 2.45) is 0 Å². The number of carbonyl (C=O) groups is 2. The Labute approximate surface area is 163 Å². The van der Waals surface area contributed by atoms with Gasteiger partial charge in [-0.1, -0.05) is 0 Å². The number of alkyl halides is 3. The summed E-state index contributed by atoms with van der Waals surface area (Å²) in [6, 6.07) is 6.54. The van der Waals surface area contributed by atoms with E-state index in [-0.39, 0.29) is 34.6 Å². The smallest absolute Gasteiger partial charge is 0.398 e. The number of nitrogens with zero attached hydrogens (tertiary/aromatic N) is 3. The Hall–Kier alpha value is -2.75. The van der Waals surface area contributed by atoms with Crippen LogP contribution in [-0.4, -0.2) is 32.9 Å². The van der Waals surface area contributed by atoms with Gasteiger partial charge in [-0.25, -0.2) is 9.69 Å². The van der Waals surface area contributed by atoms with Gasteiger partial charge in [-0.15, -0.1) is 0 Å². The minimum Gasteiger partial charge on any atom is -0.398 e. The van der Waals surface area contributed by atoms with Gasteiger partial charge in [0.25, 0.3) is 5.91 Å². The average molecular weight is 410 g/mol. The van der Waals surface area contributed by atoms with Crippen LogP contribution in [0.1, 0.15) is 19.4 Å². The molecule has 2 N–H and O–H groups in total. The number of anilines is 2. The number of halogens is 3. The maximum Gasteiger partial charge on any atom is 0.446 e. The van der Waals surface area contributed by atoms with Crippen LogP contribution in [0, 0.1) is 0 Å². The van der Waals surface area contributed by atoms with Crippen molar-refractivity contribution in [3.63, 3.8) is 0 Å². The number of nitrogens with two attached hydrogens (primary N) is 1. The Morgan fingerprint density at radius 1 is 1.14 bits per heavy atom. The number of rotatable bonds is 4. The lowest BCUT2D eigenvalue weighted by Crippen LogP contribution is -2.43. The molecule has 6 nitrogen and oxygen atoms in total. The number of aromatic nitrogens is 1. The van der Waals surface area contributed by atoms with Crippen molar-refractivity contribution in [2.45, 2.75) is 36.3 Å². The molecule has 1 aliphatic heterocycles. The number of urea groups is 1. The van der Waals surface area contributed by atoms with E-state index in [0.29, 0.717) is 0 Å². The van der Waals surface area contributed by atoms with Gasteiger partial charge in [-0.2, -0.15) is 13.2 Å². The van der Waals surface area contributed by atoms with Crippen molar-refractivity contribution >= 4 is 35.1 Å². The SMILES string of the molecule is CC1(C)C(=O)N(c2ccc(SC(F)(F)F)c(N)c2)C(=O)N1Cc1ccncc1. The Balaban J connectivity index is 1.91. The van der Waals surface area contributed by atoms with Gasteiger partial charge in [0.15, 0.2) is 0 Å². The monoisotopic (exact) mass is 410 g/mol. The lowest BCUT2D eigenvalue weighted by atomic mass is 10.0. The number of pyridine rings is 1. The summed E-state index contributed by atoms with van der Waals surface area (Å²) in [5.41, 5.74) is 0.866. The zero-order valence-electron chi connectivity index (χ0n) is 15.0. The standard InChI is InChI=1S/C18H17F3N4O2S/c1-17(2)15(26)25(16(27)24(17)10-11-5-7-23-8-6-11)12-3-4-14(13(22)9-12)28-18(19,20)21/h3-9H,10,22H2,1-2H3. The Morgan fingerprint density at radius 2 is 1.79 bits per heavy atom. The van der Waals surface area contributed by atoms with Gasteiger partial charge in [0.1, 0.15) is 5.54 Å². The maximum atomic E-state index is 13.0. The summed E-state index contributed by atoms with van der Waals surface area (Å²) < 4.78 is 37.8. The molecule has 3 amide bonds. The van der Waals surface area contributed by atoms with Crippen LogP contribution in [-0.2, 0) is 11.3 Å². The molecule has 1 aliphatic rings. The molecule has 1 saturated heterocycles. The molecule has 2 aromatic rings. The van der Waals surface area contributed by atoms with Gasteiger partial charge in [-0.05, 0) is 61.5 Å². The fourth-order valence-electron chi connectivity index (χ4n) is 2.89. The molecule has 0 aliphatic carbocycles. The first-order valence-electron chi connectivity index (χ1n) is 8.21. The van der Waals surface area contributed by atoms with Crippen LogP contribution in [0.5, 0.6) is 0 Å². The molecule has 1 aromatic heterocycles. The van der Waals surface area contributed by atoms with Gasteiger partial charge >= 0.3 is 11.5 Å². The zero-order valence-corrected chi connectivity index (χ0v) is 15.8. The van der Waals surface area contributed by atoms with E-state index in [0.717, 1.165) is 16.5 Å². The highest BCUT2D eigenvalue weighted by Crippen LogP contribution is 2.41. The highest BCUT2D eigenvalue weighted by atomic mass is 32.2. The van der Waals surface area contributed by atoms with Gasteiger partial charge < -0.3 is 10.6 Å². The third-order valence-electron chi connectivity index (χ3n) is 4.39. The van der Waals surface area contributed by atoms with Gasteiger partial charge in [0.2, 0.25) is 0 Å². The summed E-state index contributed by atoms with van der Waals surface area (Å²) >= 11 is -0.347. The lowest BCUT2D eigenvalue weighted by molar-refractivity contribution is -0.123. The van der Waals surface area contributed by atoms with Gasteiger partial charge in [0, 0.05) is 29.5 Å². The van der Waals surface area contributed by atoms with Crippen molar-refractivity contribution in [2.75, 3.05) is 10.6 Å². The van der Waals surface area contributed by atoms with E-state index in [2.05, 4.69) is 4.98 Å². The number of amides is 3. The molecule has 0 radical (unpaired) electrons. The number of hydrogen-bond acceptors (Lipinski definition) is 5. The largest absolute Gasteiger partial charge is 0.446 e. The maximum absolute atomic E-state index is 13.0. The van der Waals surface area contributed by atoms with Crippen molar-refractivity contribution in [1.29, 1.82) is 0 Å². The van der Waals surface area contributed by atoms with Crippen LogP contribution in [0.25, 0.3) is 0 Å². The normalized spacial score (nSPS) is 16.8. The molecule has 0 unspecified atom stereocenters. The second-order valence-electron chi connectivity index (χ2n) is 6.69. The first kappa shape index (κ1) is 20.0. The Morgan fingerprint density at radius 3 is 2.36 bits per heavy atom. The van der Waals surface area contributed by atoms with Crippen LogP contribution >= 0.6 is 11.8 Å². The highest BCUT2D eigenvalue weighted by molar-refractivity contribution is 8.00. The molecular weight excluding hydrogens is 393 g/mol. The van der Waals surface area contributed by atoms with E-state index < -0.39 is 23.0 Å². The summed E-state index contributed by atoms with van der Waals surface area (Å²) in [6.07, 6.45) is 3.17. The quantitative estimate of drug-likeness (QED) is 0.468. The van der Waals surface area contributed by atoms with E-state index in [1.54, 1.807) is 38.4 Å². The number of hydrogen-bond donors (Lipinski definition) is 1. The molecule has 0 spiro atoms. The summed E-state index contributed by atoms with van der Waals surface area (Å²) in [4.78, 5) is 31.9. The molecule has 28 heavy (non-hydrogen) atoms. The predicted molar refractivity (Wildman–Crippen MR) is 99.5 cm³/mol. The number of carbonyl (C=O) groups excluding carboxylic acids is 2. The molecule has 3 rings (SSSR count). The third-order valence-corrected chi connectivity index (χ3v) is 5.21. The van der Waals surface area contributed by atoms with Crippen LogP contribution in [0.15, 0.2) is 47.6 Å².